The van der Waals surface area contributed by atoms with Crippen molar-refractivity contribution in [2.45, 2.75) is 38.1 Å². The lowest BCUT2D eigenvalue weighted by atomic mass is 9.72. The number of aromatic hydroxyl groups is 1. The van der Waals surface area contributed by atoms with Crippen molar-refractivity contribution < 1.29 is 9.90 Å². The fraction of sp³-hybridized carbons (Fsp3) is 0.462. The van der Waals surface area contributed by atoms with Crippen LogP contribution in [0.25, 0.3) is 0 Å². The van der Waals surface area contributed by atoms with Crippen LogP contribution >= 0.6 is 0 Å². The van der Waals surface area contributed by atoms with Crippen LogP contribution in [0, 0.1) is 0 Å². The first-order chi connectivity index (χ1) is 7.70. The van der Waals surface area contributed by atoms with Crippen LogP contribution < -0.4 is 0 Å². The van der Waals surface area contributed by atoms with Crippen molar-refractivity contribution in [3.63, 3.8) is 0 Å². The van der Waals surface area contributed by atoms with E-state index >= 15 is 0 Å². The zero-order chi connectivity index (χ0) is 11.6. The Hall–Kier alpha value is -1.60. The number of rotatable bonds is 3. The maximum absolute atomic E-state index is 10.5. The van der Waals surface area contributed by atoms with Gasteiger partial charge < -0.3 is 5.11 Å². The Kier molecular flexibility index (Phi) is 2.80. The zero-order valence-corrected chi connectivity index (χ0v) is 9.36. The van der Waals surface area contributed by atoms with E-state index in [-0.39, 0.29) is 5.75 Å². The van der Waals surface area contributed by atoms with Gasteiger partial charge in [0.25, 0.3) is 0 Å². The van der Waals surface area contributed by atoms with Gasteiger partial charge in [0.2, 0.25) is 6.08 Å². The maximum atomic E-state index is 10.5. The topological polar surface area (TPSA) is 49.7 Å². The highest BCUT2D eigenvalue weighted by atomic mass is 16.3. The number of phenolic OH excluding ortho intramolecular Hbond substituents is 1. The molecule has 84 valence electrons. The highest BCUT2D eigenvalue weighted by Gasteiger charge is 2.39. The molecule has 3 heteroatoms. The van der Waals surface area contributed by atoms with E-state index in [1.54, 1.807) is 18.2 Å². The summed E-state index contributed by atoms with van der Waals surface area (Å²) in [5, 5.41) is 9.64. The van der Waals surface area contributed by atoms with Gasteiger partial charge in [0.1, 0.15) is 5.75 Å². The van der Waals surface area contributed by atoms with Gasteiger partial charge in [0, 0.05) is 0 Å². The molecular formula is C13H15NO2. The van der Waals surface area contributed by atoms with Gasteiger partial charge in [0.15, 0.2) is 0 Å². The van der Waals surface area contributed by atoms with Crippen LogP contribution in [0.5, 0.6) is 5.75 Å². The van der Waals surface area contributed by atoms with E-state index in [0.29, 0.717) is 0 Å². The number of hydrogen-bond donors (Lipinski definition) is 1. The van der Waals surface area contributed by atoms with Gasteiger partial charge in [-0.25, -0.2) is 4.79 Å². The fourth-order valence-corrected chi connectivity index (χ4v) is 2.21. The van der Waals surface area contributed by atoms with Crippen LogP contribution in [-0.2, 0) is 16.8 Å². The van der Waals surface area contributed by atoms with Gasteiger partial charge in [-0.05, 0) is 48.9 Å². The first kappa shape index (κ1) is 10.9. The smallest absolute Gasteiger partial charge is 0.235 e. The molecule has 0 aromatic heterocycles. The van der Waals surface area contributed by atoms with Gasteiger partial charge in [0.05, 0.1) is 5.54 Å². The molecule has 0 saturated heterocycles. The van der Waals surface area contributed by atoms with E-state index in [4.69, 9.17) is 0 Å². The van der Waals surface area contributed by atoms with Crippen LogP contribution in [0.4, 0.5) is 0 Å². The van der Waals surface area contributed by atoms with Crippen LogP contribution in [0.3, 0.4) is 0 Å². The zero-order valence-electron chi connectivity index (χ0n) is 9.36. The van der Waals surface area contributed by atoms with Crippen molar-refractivity contribution in [3.8, 4) is 5.75 Å². The predicted molar refractivity (Wildman–Crippen MR) is 61.1 cm³/mol. The molecule has 0 radical (unpaired) electrons. The van der Waals surface area contributed by atoms with E-state index in [2.05, 4.69) is 4.99 Å². The summed E-state index contributed by atoms with van der Waals surface area (Å²) in [6.07, 6.45) is 5.33. The number of aliphatic imine (C=N–C) groups is 1. The molecule has 0 unspecified atom stereocenters. The molecule has 0 atom stereocenters. The van der Waals surface area contributed by atoms with Crippen LogP contribution in [0.15, 0.2) is 23.2 Å². The molecule has 2 rings (SSSR count). The molecule has 0 aliphatic heterocycles. The lowest BCUT2D eigenvalue weighted by molar-refractivity contribution is 0.255. The van der Waals surface area contributed by atoms with E-state index < -0.39 is 5.54 Å². The number of phenols is 1. The van der Waals surface area contributed by atoms with Crippen LogP contribution in [0.1, 0.15) is 37.3 Å². The highest BCUT2D eigenvalue weighted by molar-refractivity contribution is 5.43. The second-order valence-electron chi connectivity index (χ2n) is 4.33. The van der Waals surface area contributed by atoms with E-state index in [0.717, 1.165) is 36.8 Å². The normalized spacial score (nSPS) is 17.3. The Morgan fingerprint density at radius 2 is 2.19 bits per heavy atom. The summed E-state index contributed by atoms with van der Waals surface area (Å²) in [6, 6.07) is 5.49. The molecule has 0 heterocycles. The minimum Gasteiger partial charge on any atom is -0.508 e. The molecule has 1 aromatic rings. The van der Waals surface area contributed by atoms with Crippen LogP contribution in [-0.4, -0.2) is 11.2 Å². The van der Waals surface area contributed by atoms with Gasteiger partial charge in [-0.1, -0.05) is 13.0 Å². The molecule has 1 fully saturated rings. The van der Waals surface area contributed by atoms with Crippen molar-refractivity contribution >= 4 is 6.08 Å². The quantitative estimate of drug-likeness (QED) is 0.625. The second kappa shape index (κ2) is 4.11. The summed E-state index contributed by atoms with van der Waals surface area (Å²) in [6.45, 7) is 2.04. The molecule has 1 saturated carbocycles. The lowest BCUT2D eigenvalue weighted by Crippen LogP contribution is -2.31. The summed E-state index contributed by atoms with van der Waals surface area (Å²) in [5.41, 5.74) is 1.60. The number of benzene rings is 1. The summed E-state index contributed by atoms with van der Waals surface area (Å²) in [5.74, 6) is 0.252. The Labute approximate surface area is 94.8 Å². The maximum Gasteiger partial charge on any atom is 0.235 e. The average molecular weight is 217 g/mol. The fourth-order valence-electron chi connectivity index (χ4n) is 2.21. The molecule has 1 N–H and O–H groups in total. The highest BCUT2D eigenvalue weighted by Crippen LogP contribution is 2.45. The third-order valence-corrected chi connectivity index (χ3v) is 3.36. The number of isocyanates is 1. The molecule has 0 amide bonds. The SMILES string of the molecule is CCc1cc(O)cc(C2(N=C=O)CCC2)c1. The average Bonchev–Trinajstić information content (AvgIpc) is 2.22. The summed E-state index contributed by atoms with van der Waals surface area (Å²) in [4.78, 5) is 14.4. The number of nitrogens with zero attached hydrogens (tertiary/aromatic N) is 1. The van der Waals surface area contributed by atoms with Crippen molar-refractivity contribution in [2.24, 2.45) is 4.99 Å². The first-order valence-corrected chi connectivity index (χ1v) is 5.62. The van der Waals surface area contributed by atoms with Crippen molar-refractivity contribution in [2.75, 3.05) is 0 Å². The molecule has 1 aromatic carbocycles. The van der Waals surface area contributed by atoms with E-state index in [1.165, 1.54) is 0 Å². The van der Waals surface area contributed by atoms with Gasteiger partial charge >= 0.3 is 0 Å². The predicted octanol–water partition coefficient (Wildman–Crippen LogP) is 2.67. The van der Waals surface area contributed by atoms with Gasteiger partial charge in [-0.15, -0.1) is 0 Å². The van der Waals surface area contributed by atoms with E-state index in [9.17, 15) is 9.90 Å². The third-order valence-electron chi connectivity index (χ3n) is 3.36. The van der Waals surface area contributed by atoms with Crippen molar-refractivity contribution in [3.05, 3.63) is 29.3 Å². The van der Waals surface area contributed by atoms with Gasteiger partial charge in [-0.3, -0.25) is 0 Å². The standard InChI is InChI=1S/C13H15NO2/c1-2-10-6-11(8-12(16)7-10)13(14-9-15)4-3-5-13/h6-8,16H,2-5H2,1H3. The lowest BCUT2D eigenvalue weighted by Gasteiger charge is -2.37. The summed E-state index contributed by atoms with van der Waals surface area (Å²) >= 11 is 0. The number of carbonyl (C=O) groups excluding carboxylic acids is 1. The van der Waals surface area contributed by atoms with E-state index in [1.807, 2.05) is 13.0 Å². The molecule has 16 heavy (non-hydrogen) atoms. The van der Waals surface area contributed by atoms with Gasteiger partial charge in [-0.2, -0.15) is 4.99 Å². The van der Waals surface area contributed by atoms with Crippen molar-refractivity contribution in [1.82, 2.24) is 0 Å². The Bertz CT molecular complexity index is 443. The Balaban J connectivity index is 2.45. The Morgan fingerprint density at radius 1 is 1.44 bits per heavy atom. The summed E-state index contributed by atoms with van der Waals surface area (Å²) in [7, 11) is 0. The minimum atomic E-state index is -0.412. The third kappa shape index (κ3) is 1.74. The second-order valence-corrected chi connectivity index (χ2v) is 4.33. The molecular weight excluding hydrogens is 202 g/mol. The first-order valence-electron chi connectivity index (χ1n) is 5.62. The molecule has 3 nitrogen and oxygen atoms in total. The summed E-state index contributed by atoms with van der Waals surface area (Å²) < 4.78 is 0. The monoisotopic (exact) mass is 217 g/mol. The minimum absolute atomic E-state index is 0.252. The van der Waals surface area contributed by atoms with Crippen molar-refractivity contribution in [1.29, 1.82) is 0 Å². The largest absolute Gasteiger partial charge is 0.508 e. The molecule has 0 bridgehead atoms. The van der Waals surface area contributed by atoms with Crippen LogP contribution in [0.2, 0.25) is 0 Å². The molecule has 1 aliphatic carbocycles. The molecule has 1 aliphatic rings. The molecule has 0 spiro atoms. The number of aryl methyl sites for hydroxylation is 1. The Morgan fingerprint density at radius 3 is 2.69 bits per heavy atom. The number of hydrogen-bond acceptors (Lipinski definition) is 3.